The molecule has 0 aliphatic carbocycles. The van der Waals surface area contributed by atoms with Gasteiger partial charge in [-0.05, 0) is 44.4 Å². The Morgan fingerprint density at radius 2 is 2.19 bits per heavy atom. The summed E-state index contributed by atoms with van der Waals surface area (Å²) in [7, 11) is 1.78. The van der Waals surface area contributed by atoms with Crippen LogP contribution in [0.2, 0.25) is 0 Å². The number of anilines is 1. The Balaban J connectivity index is 1.88. The van der Waals surface area contributed by atoms with Gasteiger partial charge in [-0.15, -0.1) is 0 Å². The third-order valence-electron chi connectivity index (χ3n) is 3.67. The van der Waals surface area contributed by atoms with Crippen LogP contribution >= 0.6 is 0 Å². The van der Waals surface area contributed by atoms with Crippen LogP contribution in [-0.2, 0) is 13.5 Å². The molecule has 0 fully saturated rings. The van der Waals surface area contributed by atoms with Crippen LogP contribution in [0.1, 0.15) is 36.3 Å². The molecule has 0 bridgehead atoms. The molecular formula is C16H19N3O2. The number of nitrogens with one attached hydrogen (secondary N) is 1. The summed E-state index contributed by atoms with van der Waals surface area (Å²) >= 11 is 0. The van der Waals surface area contributed by atoms with Crippen molar-refractivity contribution in [3.05, 3.63) is 41.7 Å². The number of aryl methyl sites for hydroxylation is 2. The highest BCUT2D eigenvalue weighted by Crippen LogP contribution is 2.38. The average molecular weight is 285 g/mol. The summed E-state index contributed by atoms with van der Waals surface area (Å²) in [5.41, 5.74) is 2.02. The zero-order valence-electron chi connectivity index (χ0n) is 12.5. The van der Waals surface area contributed by atoms with Gasteiger partial charge in [0.1, 0.15) is 11.4 Å². The maximum atomic E-state index is 12.2. The minimum absolute atomic E-state index is 0.209. The number of nitrogens with zero attached hydrogens (tertiary/aromatic N) is 2. The average Bonchev–Trinajstić information content (AvgIpc) is 2.85. The number of hydrogen-bond donors (Lipinski definition) is 1. The van der Waals surface area contributed by atoms with Gasteiger partial charge >= 0.3 is 0 Å². The zero-order valence-corrected chi connectivity index (χ0v) is 12.5. The summed E-state index contributed by atoms with van der Waals surface area (Å²) in [6, 6.07) is 7.53. The number of carbonyl (C=O) groups is 1. The number of amides is 1. The normalized spacial score (nSPS) is 16.0. The molecule has 21 heavy (non-hydrogen) atoms. The summed E-state index contributed by atoms with van der Waals surface area (Å²) < 4.78 is 7.66. The molecule has 1 aromatic heterocycles. The Labute approximate surface area is 123 Å². The first kappa shape index (κ1) is 13.7. The highest BCUT2D eigenvalue weighted by atomic mass is 16.5. The van der Waals surface area contributed by atoms with Gasteiger partial charge in [-0.1, -0.05) is 12.1 Å². The number of fused-ring (bicyclic) bond motifs is 1. The lowest BCUT2D eigenvalue weighted by Gasteiger charge is -2.33. The zero-order chi connectivity index (χ0) is 15.0. The summed E-state index contributed by atoms with van der Waals surface area (Å²) in [5, 5.41) is 7.01. The third kappa shape index (κ3) is 2.77. The molecule has 0 unspecified atom stereocenters. The van der Waals surface area contributed by atoms with E-state index in [1.54, 1.807) is 24.0 Å². The molecular weight excluding hydrogens is 266 g/mol. The lowest BCUT2D eigenvalue weighted by atomic mass is 9.94. The van der Waals surface area contributed by atoms with E-state index in [2.05, 4.69) is 24.3 Å². The van der Waals surface area contributed by atoms with Crippen LogP contribution in [0.3, 0.4) is 0 Å². The first-order valence-electron chi connectivity index (χ1n) is 7.06. The molecule has 1 aromatic carbocycles. The maximum absolute atomic E-state index is 12.2. The van der Waals surface area contributed by atoms with Crippen molar-refractivity contribution in [2.75, 3.05) is 5.32 Å². The SMILES string of the molecule is Cn1ccc(C(=O)Nc2cccc3c2OC(C)(C)CC3)n1. The molecule has 110 valence electrons. The Morgan fingerprint density at radius 3 is 2.90 bits per heavy atom. The highest BCUT2D eigenvalue weighted by molar-refractivity contribution is 6.03. The first-order valence-corrected chi connectivity index (χ1v) is 7.06. The second kappa shape index (κ2) is 4.91. The summed E-state index contributed by atoms with van der Waals surface area (Å²) in [5.74, 6) is 0.550. The quantitative estimate of drug-likeness (QED) is 0.923. The van der Waals surface area contributed by atoms with Crippen molar-refractivity contribution >= 4 is 11.6 Å². The van der Waals surface area contributed by atoms with Gasteiger partial charge in [0, 0.05) is 13.2 Å². The van der Waals surface area contributed by atoms with Crippen LogP contribution in [0, 0.1) is 0 Å². The first-order chi connectivity index (χ1) is 9.94. The van der Waals surface area contributed by atoms with Crippen LogP contribution in [-0.4, -0.2) is 21.3 Å². The van der Waals surface area contributed by atoms with Crippen LogP contribution in [0.5, 0.6) is 5.75 Å². The fraction of sp³-hybridized carbons (Fsp3) is 0.375. The maximum Gasteiger partial charge on any atom is 0.276 e. The lowest BCUT2D eigenvalue weighted by Crippen LogP contribution is -2.33. The van der Waals surface area contributed by atoms with Crippen molar-refractivity contribution in [2.24, 2.45) is 7.05 Å². The predicted octanol–water partition coefficient (Wildman–Crippen LogP) is 2.78. The Kier molecular flexibility index (Phi) is 3.20. The molecule has 3 rings (SSSR count). The minimum Gasteiger partial charge on any atom is -0.485 e. The van der Waals surface area contributed by atoms with E-state index >= 15 is 0 Å². The van der Waals surface area contributed by atoms with Crippen LogP contribution in [0.15, 0.2) is 30.5 Å². The number of ether oxygens (including phenoxy) is 1. The summed E-state index contributed by atoms with van der Waals surface area (Å²) in [4.78, 5) is 12.2. The van der Waals surface area contributed by atoms with Gasteiger partial charge in [-0.2, -0.15) is 5.10 Å². The van der Waals surface area contributed by atoms with E-state index in [0.717, 1.165) is 24.2 Å². The van der Waals surface area contributed by atoms with Gasteiger partial charge in [0.05, 0.1) is 5.69 Å². The number of benzene rings is 1. The standard InChI is InChI=1S/C16H19N3O2/c1-16(2)9-7-11-5-4-6-12(14(11)21-16)17-15(20)13-8-10-19(3)18-13/h4-6,8,10H,7,9H2,1-3H3,(H,17,20). The van der Waals surface area contributed by atoms with Gasteiger partial charge in [0.15, 0.2) is 5.69 Å². The Morgan fingerprint density at radius 1 is 1.38 bits per heavy atom. The number of para-hydroxylation sites is 1. The summed E-state index contributed by atoms with van der Waals surface area (Å²) in [6.45, 7) is 4.13. The fourth-order valence-electron chi connectivity index (χ4n) is 2.49. The molecule has 1 aliphatic heterocycles. The minimum atomic E-state index is -0.226. The fourth-order valence-corrected chi connectivity index (χ4v) is 2.49. The van der Waals surface area contributed by atoms with Crippen molar-refractivity contribution < 1.29 is 9.53 Å². The summed E-state index contributed by atoms with van der Waals surface area (Å²) in [6.07, 6.45) is 3.67. The topological polar surface area (TPSA) is 56.2 Å². The van der Waals surface area contributed by atoms with E-state index in [1.165, 1.54) is 0 Å². The molecule has 5 nitrogen and oxygen atoms in total. The van der Waals surface area contributed by atoms with Crippen molar-refractivity contribution in [2.45, 2.75) is 32.3 Å². The van der Waals surface area contributed by atoms with Gasteiger partial charge in [-0.3, -0.25) is 9.48 Å². The van der Waals surface area contributed by atoms with Crippen molar-refractivity contribution in [3.63, 3.8) is 0 Å². The Bertz CT molecular complexity index is 689. The van der Waals surface area contributed by atoms with E-state index < -0.39 is 0 Å². The third-order valence-corrected chi connectivity index (χ3v) is 3.67. The van der Waals surface area contributed by atoms with Gasteiger partial charge in [-0.25, -0.2) is 0 Å². The molecule has 2 aromatic rings. The molecule has 2 heterocycles. The van der Waals surface area contributed by atoms with Crippen molar-refractivity contribution in [1.82, 2.24) is 9.78 Å². The lowest BCUT2D eigenvalue weighted by molar-refractivity contribution is 0.0850. The molecule has 1 N–H and O–H groups in total. The number of rotatable bonds is 2. The van der Waals surface area contributed by atoms with E-state index in [4.69, 9.17) is 4.74 Å². The number of aromatic nitrogens is 2. The molecule has 0 saturated heterocycles. The van der Waals surface area contributed by atoms with Gasteiger partial charge in [0.2, 0.25) is 0 Å². The molecule has 1 aliphatic rings. The van der Waals surface area contributed by atoms with Crippen LogP contribution < -0.4 is 10.1 Å². The van der Waals surface area contributed by atoms with Crippen LogP contribution in [0.4, 0.5) is 5.69 Å². The molecule has 0 saturated carbocycles. The molecule has 0 atom stereocenters. The molecule has 0 spiro atoms. The number of hydrogen-bond acceptors (Lipinski definition) is 3. The predicted molar refractivity (Wildman–Crippen MR) is 80.6 cm³/mol. The highest BCUT2D eigenvalue weighted by Gasteiger charge is 2.28. The van der Waals surface area contributed by atoms with E-state index in [1.807, 2.05) is 18.2 Å². The molecule has 0 radical (unpaired) electrons. The van der Waals surface area contributed by atoms with E-state index in [9.17, 15) is 4.79 Å². The van der Waals surface area contributed by atoms with Gasteiger partial charge in [0.25, 0.3) is 5.91 Å². The van der Waals surface area contributed by atoms with Gasteiger partial charge < -0.3 is 10.1 Å². The second-order valence-corrected chi connectivity index (χ2v) is 5.98. The second-order valence-electron chi connectivity index (χ2n) is 5.98. The largest absolute Gasteiger partial charge is 0.485 e. The van der Waals surface area contributed by atoms with Crippen LogP contribution in [0.25, 0.3) is 0 Å². The smallest absolute Gasteiger partial charge is 0.276 e. The molecule has 5 heteroatoms. The van der Waals surface area contributed by atoms with Crippen molar-refractivity contribution in [1.29, 1.82) is 0 Å². The van der Waals surface area contributed by atoms with E-state index in [-0.39, 0.29) is 11.5 Å². The molecule has 1 amide bonds. The van der Waals surface area contributed by atoms with E-state index in [0.29, 0.717) is 11.4 Å². The van der Waals surface area contributed by atoms with Crippen molar-refractivity contribution in [3.8, 4) is 5.75 Å². The number of carbonyl (C=O) groups excluding carboxylic acids is 1. The Hall–Kier alpha value is -2.30. The monoisotopic (exact) mass is 285 g/mol.